The molecule has 2 aromatic carbocycles. The van der Waals surface area contributed by atoms with Crippen molar-refractivity contribution in [3.63, 3.8) is 0 Å². The molecule has 6 nitrogen and oxygen atoms in total. The standard InChI is InChI=1S/C24H17ClF3N5O/c1-33-23(21-15(9-29)19(34-12-3-4-12)8-17(25)22(21)26)16(10-31-33)11-2-5-13-14(24(27)28)7-20(30)32-18(13)6-11/h2,5-8,10,12,24H,3-4H2,1H3,(H2,30,32). The molecule has 5 rings (SSSR count). The second-order valence-electron chi connectivity index (χ2n) is 8.05. The highest BCUT2D eigenvalue weighted by Crippen LogP contribution is 2.43. The Morgan fingerprint density at radius 3 is 2.71 bits per heavy atom. The van der Waals surface area contributed by atoms with E-state index in [2.05, 4.69) is 10.1 Å². The second-order valence-corrected chi connectivity index (χ2v) is 8.46. The lowest BCUT2D eigenvalue weighted by atomic mass is 9.96. The van der Waals surface area contributed by atoms with Crippen LogP contribution >= 0.6 is 11.6 Å². The van der Waals surface area contributed by atoms with Crippen LogP contribution in [0.25, 0.3) is 33.3 Å². The molecule has 0 aliphatic heterocycles. The normalized spacial score (nSPS) is 13.4. The molecule has 34 heavy (non-hydrogen) atoms. The van der Waals surface area contributed by atoms with E-state index in [1.807, 2.05) is 6.07 Å². The topological polar surface area (TPSA) is 89.8 Å². The van der Waals surface area contributed by atoms with Crippen LogP contribution in [-0.4, -0.2) is 20.9 Å². The monoisotopic (exact) mass is 483 g/mol. The highest BCUT2D eigenvalue weighted by Gasteiger charge is 2.30. The molecule has 0 radical (unpaired) electrons. The minimum absolute atomic E-state index is 0.00166. The van der Waals surface area contributed by atoms with Gasteiger partial charge in [-0.25, -0.2) is 18.2 Å². The van der Waals surface area contributed by atoms with E-state index in [4.69, 9.17) is 22.1 Å². The highest BCUT2D eigenvalue weighted by atomic mass is 35.5. The van der Waals surface area contributed by atoms with E-state index in [0.29, 0.717) is 11.1 Å². The molecule has 0 bridgehead atoms. The van der Waals surface area contributed by atoms with Crippen LogP contribution in [0.4, 0.5) is 19.0 Å². The van der Waals surface area contributed by atoms with Gasteiger partial charge in [-0.15, -0.1) is 0 Å². The number of aromatic nitrogens is 3. The van der Waals surface area contributed by atoms with Gasteiger partial charge in [0.2, 0.25) is 0 Å². The average Bonchev–Trinajstić information content (AvgIpc) is 3.54. The van der Waals surface area contributed by atoms with Crippen LogP contribution in [-0.2, 0) is 7.05 Å². The fraction of sp³-hybridized carbons (Fsp3) is 0.208. The lowest BCUT2D eigenvalue weighted by molar-refractivity contribution is 0.153. The Morgan fingerprint density at radius 2 is 2.03 bits per heavy atom. The minimum atomic E-state index is -2.73. The second kappa shape index (κ2) is 8.22. The van der Waals surface area contributed by atoms with Gasteiger partial charge in [0.25, 0.3) is 6.43 Å². The van der Waals surface area contributed by atoms with Crippen LogP contribution in [0.2, 0.25) is 5.02 Å². The third-order valence-corrected chi connectivity index (χ3v) is 5.97. The van der Waals surface area contributed by atoms with Crippen molar-refractivity contribution in [3.8, 4) is 34.2 Å². The molecule has 0 spiro atoms. The number of nitrogens with two attached hydrogens (primary N) is 1. The van der Waals surface area contributed by atoms with E-state index in [9.17, 15) is 14.0 Å². The number of aryl methyl sites for hydroxylation is 1. The molecule has 1 aliphatic rings. The maximum absolute atomic E-state index is 15.4. The number of anilines is 1. The number of nitriles is 1. The van der Waals surface area contributed by atoms with E-state index < -0.39 is 12.2 Å². The maximum atomic E-state index is 15.4. The molecule has 4 aromatic rings. The van der Waals surface area contributed by atoms with Crippen LogP contribution in [0.5, 0.6) is 5.75 Å². The minimum Gasteiger partial charge on any atom is -0.489 e. The number of benzene rings is 2. The first-order valence-corrected chi connectivity index (χ1v) is 10.8. The smallest absolute Gasteiger partial charge is 0.264 e. The van der Waals surface area contributed by atoms with Crippen molar-refractivity contribution >= 4 is 28.3 Å². The van der Waals surface area contributed by atoms with E-state index in [0.717, 1.165) is 18.9 Å². The van der Waals surface area contributed by atoms with Gasteiger partial charge in [0.05, 0.1) is 34.1 Å². The first-order chi connectivity index (χ1) is 16.3. The van der Waals surface area contributed by atoms with Crippen molar-refractivity contribution in [1.82, 2.24) is 14.8 Å². The molecule has 1 aliphatic carbocycles. The number of rotatable bonds is 5. The van der Waals surface area contributed by atoms with Crippen LogP contribution in [0.15, 0.2) is 36.5 Å². The predicted molar refractivity (Wildman–Crippen MR) is 122 cm³/mol. The van der Waals surface area contributed by atoms with Gasteiger partial charge in [-0.3, -0.25) is 4.68 Å². The number of pyridine rings is 1. The Bertz CT molecular complexity index is 1490. The SMILES string of the molecule is Cn1ncc(-c2ccc3c(C(F)F)cc(N)nc3c2)c1-c1c(F)c(Cl)cc(OC2CC2)c1C#N. The van der Waals surface area contributed by atoms with Crippen molar-refractivity contribution in [1.29, 1.82) is 5.26 Å². The Balaban J connectivity index is 1.73. The Labute approximate surface area is 197 Å². The molecule has 0 unspecified atom stereocenters. The molecule has 0 atom stereocenters. The Morgan fingerprint density at radius 1 is 1.26 bits per heavy atom. The lowest BCUT2D eigenvalue weighted by Crippen LogP contribution is -2.04. The number of hydrogen-bond donors (Lipinski definition) is 1. The molecular weight excluding hydrogens is 467 g/mol. The molecule has 1 saturated carbocycles. The average molecular weight is 484 g/mol. The van der Waals surface area contributed by atoms with Crippen molar-refractivity contribution in [2.24, 2.45) is 7.05 Å². The van der Waals surface area contributed by atoms with Gasteiger partial charge in [0, 0.05) is 29.6 Å². The Kier molecular flexibility index (Phi) is 5.33. The van der Waals surface area contributed by atoms with Gasteiger partial charge in [0.1, 0.15) is 23.2 Å². The Hall–Kier alpha value is -3.77. The summed E-state index contributed by atoms with van der Waals surface area (Å²) < 4.78 is 49.6. The fourth-order valence-electron chi connectivity index (χ4n) is 3.96. The first kappa shape index (κ1) is 22.0. The molecule has 2 N–H and O–H groups in total. The summed E-state index contributed by atoms with van der Waals surface area (Å²) in [6.45, 7) is 0. The molecule has 1 fully saturated rings. The third-order valence-electron chi connectivity index (χ3n) is 5.70. The van der Waals surface area contributed by atoms with Gasteiger partial charge >= 0.3 is 0 Å². The van der Waals surface area contributed by atoms with Gasteiger partial charge in [-0.2, -0.15) is 10.4 Å². The summed E-state index contributed by atoms with van der Waals surface area (Å²) in [7, 11) is 1.61. The van der Waals surface area contributed by atoms with E-state index in [1.165, 1.54) is 23.0 Å². The van der Waals surface area contributed by atoms with Crippen molar-refractivity contribution in [2.45, 2.75) is 25.4 Å². The zero-order chi connectivity index (χ0) is 24.1. The molecule has 10 heteroatoms. The largest absolute Gasteiger partial charge is 0.489 e. The molecule has 0 amide bonds. The summed E-state index contributed by atoms with van der Waals surface area (Å²) in [5.74, 6) is -0.622. The number of ether oxygens (including phenoxy) is 1. The fourth-order valence-corrected chi connectivity index (χ4v) is 4.16. The maximum Gasteiger partial charge on any atom is 0.264 e. The summed E-state index contributed by atoms with van der Waals surface area (Å²) in [4.78, 5) is 4.18. The van der Waals surface area contributed by atoms with Crippen molar-refractivity contribution < 1.29 is 17.9 Å². The molecule has 0 saturated heterocycles. The number of fused-ring (bicyclic) bond motifs is 1. The molecule has 2 aromatic heterocycles. The highest BCUT2D eigenvalue weighted by molar-refractivity contribution is 6.31. The lowest BCUT2D eigenvalue weighted by Gasteiger charge is -2.15. The van der Waals surface area contributed by atoms with Gasteiger partial charge in [0.15, 0.2) is 5.82 Å². The molecular formula is C24H17ClF3N5O. The molecule has 172 valence electrons. The third kappa shape index (κ3) is 3.70. The van der Waals surface area contributed by atoms with Crippen LogP contribution in [0, 0.1) is 17.1 Å². The van der Waals surface area contributed by atoms with Crippen molar-refractivity contribution in [2.75, 3.05) is 5.73 Å². The van der Waals surface area contributed by atoms with Gasteiger partial charge in [-0.1, -0.05) is 23.7 Å². The van der Waals surface area contributed by atoms with Crippen LogP contribution in [0.3, 0.4) is 0 Å². The van der Waals surface area contributed by atoms with Crippen molar-refractivity contribution in [3.05, 3.63) is 58.5 Å². The summed E-state index contributed by atoms with van der Waals surface area (Å²) >= 11 is 6.17. The van der Waals surface area contributed by atoms with E-state index in [1.54, 1.807) is 19.2 Å². The van der Waals surface area contributed by atoms with Crippen LogP contribution < -0.4 is 10.5 Å². The summed E-state index contributed by atoms with van der Waals surface area (Å²) in [5.41, 5.74) is 7.00. The zero-order valence-electron chi connectivity index (χ0n) is 17.8. The number of hydrogen-bond acceptors (Lipinski definition) is 5. The van der Waals surface area contributed by atoms with E-state index in [-0.39, 0.29) is 56.0 Å². The van der Waals surface area contributed by atoms with Crippen LogP contribution in [0.1, 0.15) is 30.4 Å². The van der Waals surface area contributed by atoms with Gasteiger partial charge < -0.3 is 10.5 Å². The first-order valence-electron chi connectivity index (χ1n) is 10.4. The summed E-state index contributed by atoms with van der Waals surface area (Å²) in [6.07, 6.45) is 0.435. The zero-order valence-corrected chi connectivity index (χ0v) is 18.6. The summed E-state index contributed by atoms with van der Waals surface area (Å²) in [6, 6.07) is 9.19. The number of nitrogens with zero attached hydrogens (tertiary/aromatic N) is 4. The number of halogens is 4. The quantitative estimate of drug-likeness (QED) is 0.374. The number of nitrogen functional groups attached to an aromatic ring is 1. The summed E-state index contributed by atoms with van der Waals surface area (Å²) in [5, 5.41) is 14.2. The molecule has 2 heterocycles. The van der Waals surface area contributed by atoms with Gasteiger partial charge in [-0.05, 0) is 30.5 Å². The number of alkyl halides is 2. The van der Waals surface area contributed by atoms with E-state index >= 15 is 4.39 Å². The predicted octanol–water partition coefficient (Wildman–Crippen LogP) is 6.03.